The molecule has 0 aliphatic heterocycles. The van der Waals surface area contributed by atoms with Crippen molar-refractivity contribution in [3.8, 4) is 16.8 Å². The predicted molar refractivity (Wildman–Crippen MR) is 174 cm³/mol. The summed E-state index contributed by atoms with van der Waals surface area (Å²) in [5.41, 5.74) is 8.29. The predicted octanol–water partition coefficient (Wildman–Crippen LogP) is 10.4. The van der Waals surface area contributed by atoms with Gasteiger partial charge in [0, 0.05) is 28.9 Å². The second-order valence-electron chi connectivity index (χ2n) is 9.97. The van der Waals surface area contributed by atoms with Gasteiger partial charge in [-0.3, -0.25) is 4.99 Å². The van der Waals surface area contributed by atoms with Crippen molar-refractivity contribution in [2.24, 2.45) is 4.99 Å². The number of rotatable bonds is 5. The molecule has 0 unspecified atom stereocenters. The Morgan fingerprint density at radius 1 is 0.625 bits per heavy atom. The average Bonchev–Trinajstić information content (AvgIpc) is 3.35. The normalized spacial score (nSPS) is 12.3. The van der Waals surface area contributed by atoms with Crippen LogP contribution in [0.1, 0.15) is 12.5 Å². The van der Waals surface area contributed by atoms with Crippen molar-refractivity contribution in [3.05, 3.63) is 146 Å². The molecule has 190 valence electrons. The van der Waals surface area contributed by atoms with Crippen molar-refractivity contribution in [2.45, 2.75) is 6.92 Å². The van der Waals surface area contributed by atoms with Crippen LogP contribution in [0.4, 0.5) is 0 Å². The van der Waals surface area contributed by atoms with Crippen molar-refractivity contribution >= 4 is 55.1 Å². The highest BCUT2D eigenvalue weighted by atomic mass is 15.0. The third-order valence-electron chi connectivity index (χ3n) is 7.82. The zero-order chi connectivity index (χ0) is 27.1. The number of hydrogen-bond acceptors (Lipinski definition) is 1. The van der Waals surface area contributed by atoms with E-state index in [9.17, 15) is 0 Å². The number of fused-ring (bicyclic) bond motifs is 5. The van der Waals surface area contributed by atoms with Crippen LogP contribution in [-0.4, -0.2) is 10.8 Å². The molecule has 1 aromatic heterocycles. The van der Waals surface area contributed by atoms with Crippen molar-refractivity contribution in [2.75, 3.05) is 0 Å². The van der Waals surface area contributed by atoms with Crippen LogP contribution in [0.3, 0.4) is 0 Å². The Bertz CT molecular complexity index is 2030. The Labute approximate surface area is 233 Å². The highest BCUT2D eigenvalue weighted by Gasteiger charge is 2.18. The summed E-state index contributed by atoms with van der Waals surface area (Å²) in [7, 11) is 0. The van der Waals surface area contributed by atoms with Crippen LogP contribution in [0.25, 0.3) is 65.7 Å². The Hall–Kier alpha value is -5.21. The molecule has 1 heterocycles. The first-order valence-electron chi connectivity index (χ1n) is 13.6. The number of hydrogen-bond donors (Lipinski definition) is 0. The molecule has 0 saturated heterocycles. The van der Waals surface area contributed by atoms with Gasteiger partial charge in [-0.2, -0.15) is 0 Å². The minimum Gasteiger partial charge on any atom is -0.309 e. The number of aromatic nitrogens is 1. The van der Waals surface area contributed by atoms with Gasteiger partial charge in [-0.1, -0.05) is 110 Å². The van der Waals surface area contributed by atoms with Gasteiger partial charge in [-0.25, -0.2) is 0 Å². The molecule has 0 fully saturated rings. The summed E-state index contributed by atoms with van der Waals surface area (Å²) in [6.07, 6.45) is 5.62. The third kappa shape index (κ3) is 3.69. The summed E-state index contributed by atoms with van der Waals surface area (Å²) in [6, 6.07) is 43.7. The molecule has 7 rings (SSSR count). The van der Waals surface area contributed by atoms with Gasteiger partial charge >= 0.3 is 0 Å². The molecule has 0 radical (unpaired) electrons. The molecule has 0 aliphatic carbocycles. The molecule has 0 spiro atoms. The minimum absolute atomic E-state index is 1.08. The smallest absolute Gasteiger partial charge is 0.0541 e. The first kappa shape index (κ1) is 23.9. The molecule has 6 aromatic carbocycles. The molecule has 0 bridgehead atoms. The number of nitrogens with zero attached hydrogens (tertiary/aromatic N) is 2. The molecule has 2 heteroatoms. The van der Waals surface area contributed by atoms with Crippen LogP contribution >= 0.6 is 0 Å². The molecule has 0 aliphatic rings. The van der Waals surface area contributed by atoms with Crippen molar-refractivity contribution < 1.29 is 0 Å². The Morgan fingerprint density at radius 2 is 1.15 bits per heavy atom. The minimum atomic E-state index is 1.08. The van der Waals surface area contributed by atoms with Crippen molar-refractivity contribution in [1.29, 1.82) is 0 Å². The maximum atomic E-state index is 4.37. The van der Waals surface area contributed by atoms with Gasteiger partial charge in [0.05, 0.1) is 11.0 Å². The molecule has 2 nitrogen and oxygen atoms in total. The van der Waals surface area contributed by atoms with E-state index >= 15 is 0 Å². The van der Waals surface area contributed by atoms with Gasteiger partial charge < -0.3 is 4.57 Å². The molecule has 0 N–H and O–H groups in total. The van der Waals surface area contributed by atoms with Crippen LogP contribution in [0.2, 0.25) is 0 Å². The number of allylic oxidation sites excluding steroid dienone is 2. The standard InChI is InChI=1S/C38H28N2/c1-3-26(25-39-4-2)37-31-18-5-7-20-33(31)38(34-21-8-6-19-32(34)37)27-14-13-15-28(24-27)40-35-22-11-9-16-29(35)30-17-10-12-23-36(30)40/h3-25H,2H2,1H3/b26-3+,39-25?. The van der Waals surface area contributed by atoms with E-state index in [1.165, 1.54) is 60.0 Å². The average molecular weight is 513 g/mol. The number of para-hydroxylation sites is 2. The van der Waals surface area contributed by atoms with Gasteiger partial charge in [-0.15, -0.1) is 0 Å². The zero-order valence-corrected chi connectivity index (χ0v) is 22.4. The largest absolute Gasteiger partial charge is 0.309 e. The van der Waals surface area contributed by atoms with E-state index in [1.54, 1.807) is 6.20 Å². The van der Waals surface area contributed by atoms with E-state index < -0.39 is 0 Å². The molecule has 0 saturated carbocycles. The van der Waals surface area contributed by atoms with Gasteiger partial charge in [0.2, 0.25) is 0 Å². The van der Waals surface area contributed by atoms with Gasteiger partial charge in [0.25, 0.3) is 0 Å². The van der Waals surface area contributed by atoms with E-state index in [0.717, 1.165) is 11.3 Å². The van der Waals surface area contributed by atoms with E-state index in [4.69, 9.17) is 0 Å². The van der Waals surface area contributed by atoms with Gasteiger partial charge in [0.1, 0.15) is 0 Å². The van der Waals surface area contributed by atoms with Gasteiger partial charge in [-0.05, 0) is 75.0 Å². The Morgan fingerprint density at radius 3 is 1.70 bits per heavy atom. The molecular formula is C38H28N2. The summed E-state index contributed by atoms with van der Waals surface area (Å²) in [5, 5.41) is 7.40. The van der Waals surface area contributed by atoms with E-state index in [0.29, 0.717) is 0 Å². The highest BCUT2D eigenvalue weighted by molar-refractivity contribution is 6.25. The number of benzene rings is 6. The summed E-state index contributed by atoms with van der Waals surface area (Å²) >= 11 is 0. The lowest BCUT2D eigenvalue weighted by Crippen LogP contribution is -1.96. The molecular weight excluding hydrogens is 484 g/mol. The highest BCUT2D eigenvalue weighted by Crippen LogP contribution is 2.42. The van der Waals surface area contributed by atoms with Crippen LogP contribution in [0.15, 0.2) is 145 Å². The zero-order valence-electron chi connectivity index (χ0n) is 22.4. The summed E-state index contributed by atoms with van der Waals surface area (Å²) in [6.45, 7) is 5.85. The summed E-state index contributed by atoms with van der Waals surface area (Å²) in [4.78, 5) is 4.37. The fourth-order valence-electron chi connectivity index (χ4n) is 6.17. The monoisotopic (exact) mass is 512 g/mol. The Kier molecular flexibility index (Phi) is 5.87. The van der Waals surface area contributed by atoms with Gasteiger partial charge in [0.15, 0.2) is 0 Å². The Balaban J connectivity index is 1.55. The lowest BCUT2D eigenvalue weighted by atomic mass is 9.86. The quantitative estimate of drug-likeness (QED) is 0.161. The molecule has 0 amide bonds. The fourth-order valence-corrected chi connectivity index (χ4v) is 6.17. The summed E-state index contributed by atoms with van der Waals surface area (Å²) in [5.74, 6) is 0. The van der Waals surface area contributed by atoms with Crippen molar-refractivity contribution in [3.63, 3.8) is 0 Å². The first-order valence-corrected chi connectivity index (χ1v) is 13.6. The SMILES string of the molecule is C=CN=C/C(=C\C)c1c2ccccc2c(-c2cccc(-n3c4ccccc4c4ccccc43)c2)c2ccccc12. The van der Waals surface area contributed by atoms with Crippen LogP contribution in [-0.2, 0) is 0 Å². The fraction of sp³-hybridized carbons (Fsp3) is 0.0263. The maximum Gasteiger partial charge on any atom is 0.0541 e. The van der Waals surface area contributed by atoms with Crippen LogP contribution in [0, 0.1) is 0 Å². The number of aliphatic imine (C=N–C) groups is 1. The van der Waals surface area contributed by atoms with Crippen molar-refractivity contribution in [1.82, 2.24) is 4.57 Å². The van der Waals surface area contributed by atoms with E-state index in [1.807, 2.05) is 6.21 Å². The second-order valence-corrected chi connectivity index (χ2v) is 9.97. The molecule has 0 atom stereocenters. The molecule has 40 heavy (non-hydrogen) atoms. The lowest BCUT2D eigenvalue weighted by molar-refractivity contribution is 1.18. The van der Waals surface area contributed by atoms with E-state index in [-0.39, 0.29) is 0 Å². The summed E-state index contributed by atoms with van der Waals surface area (Å²) < 4.78 is 2.39. The lowest BCUT2D eigenvalue weighted by Gasteiger charge is -2.18. The van der Waals surface area contributed by atoms with Crippen LogP contribution in [0.5, 0.6) is 0 Å². The molecule has 7 aromatic rings. The first-order chi connectivity index (χ1) is 19.8. The second kappa shape index (κ2) is 9.83. The third-order valence-corrected chi connectivity index (χ3v) is 7.82. The maximum absolute atomic E-state index is 4.37. The van der Waals surface area contributed by atoms with Crippen LogP contribution < -0.4 is 0 Å². The topological polar surface area (TPSA) is 17.3 Å². The van der Waals surface area contributed by atoms with E-state index in [2.05, 4.69) is 150 Å².